The molecule has 0 aliphatic heterocycles. The summed E-state index contributed by atoms with van der Waals surface area (Å²) >= 11 is 0. The van der Waals surface area contributed by atoms with Crippen LogP contribution in [0.2, 0.25) is 0 Å². The van der Waals surface area contributed by atoms with E-state index < -0.39 is 6.10 Å². The number of aliphatic hydroxyl groups excluding tert-OH is 1. The molecular weight excluding hydrogens is 238 g/mol. The second-order valence-corrected chi connectivity index (χ2v) is 4.62. The molecule has 3 nitrogen and oxygen atoms in total. The summed E-state index contributed by atoms with van der Waals surface area (Å²) in [5, 5.41) is 10.1. The van der Waals surface area contributed by atoms with Gasteiger partial charge in [0.15, 0.2) is 0 Å². The number of hydrogen-bond acceptors (Lipinski definition) is 3. The van der Waals surface area contributed by atoms with Crippen LogP contribution < -0.4 is 10.5 Å². The third kappa shape index (κ3) is 3.56. The zero-order valence-electron chi connectivity index (χ0n) is 11.0. The van der Waals surface area contributed by atoms with Gasteiger partial charge >= 0.3 is 0 Å². The Morgan fingerprint density at radius 1 is 1.05 bits per heavy atom. The van der Waals surface area contributed by atoms with E-state index in [9.17, 15) is 5.11 Å². The van der Waals surface area contributed by atoms with E-state index in [1.165, 1.54) is 0 Å². The van der Waals surface area contributed by atoms with Gasteiger partial charge in [-0.1, -0.05) is 48.5 Å². The van der Waals surface area contributed by atoms with Gasteiger partial charge in [-0.05, 0) is 18.6 Å². The van der Waals surface area contributed by atoms with Crippen molar-refractivity contribution in [2.45, 2.75) is 25.7 Å². The number of nitrogens with two attached hydrogens (primary N) is 1. The van der Waals surface area contributed by atoms with Crippen LogP contribution in [0.15, 0.2) is 54.6 Å². The molecule has 3 heteroatoms. The summed E-state index contributed by atoms with van der Waals surface area (Å²) in [4.78, 5) is 0. The Labute approximate surface area is 113 Å². The average molecular weight is 257 g/mol. The van der Waals surface area contributed by atoms with Crippen molar-refractivity contribution in [3.63, 3.8) is 0 Å². The summed E-state index contributed by atoms with van der Waals surface area (Å²) in [5.74, 6) is 0.677. The molecule has 0 aromatic heterocycles. The molecule has 2 aromatic rings. The summed E-state index contributed by atoms with van der Waals surface area (Å²) in [6, 6.07) is 17.0. The van der Waals surface area contributed by atoms with Gasteiger partial charge in [-0.2, -0.15) is 0 Å². The number of para-hydroxylation sites is 1. The van der Waals surface area contributed by atoms with Crippen LogP contribution in [0.5, 0.6) is 5.75 Å². The van der Waals surface area contributed by atoms with Crippen molar-refractivity contribution in [1.82, 2.24) is 0 Å². The third-order valence-electron chi connectivity index (χ3n) is 2.97. The second kappa shape index (κ2) is 6.36. The first kappa shape index (κ1) is 13.6. The fraction of sp³-hybridized carbons (Fsp3) is 0.250. The molecule has 0 amide bonds. The predicted octanol–water partition coefficient (Wildman–Crippen LogP) is 2.65. The first-order valence-electron chi connectivity index (χ1n) is 6.38. The van der Waals surface area contributed by atoms with Crippen molar-refractivity contribution >= 4 is 0 Å². The predicted molar refractivity (Wildman–Crippen MR) is 75.8 cm³/mol. The summed E-state index contributed by atoms with van der Waals surface area (Å²) in [6.45, 7) is 2.25. The molecule has 0 spiro atoms. The molecule has 3 N–H and O–H groups in total. The minimum absolute atomic E-state index is 0.332. The Kier molecular flexibility index (Phi) is 4.55. The molecule has 100 valence electrons. The monoisotopic (exact) mass is 257 g/mol. The van der Waals surface area contributed by atoms with Gasteiger partial charge in [0.1, 0.15) is 12.4 Å². The van der Waals surface area contributed by atoms with Crippen molar-refractivity contribution in [2.75, 3.05) is 0 Å². The van der Waals surface area contributed by atoms with Gasteiger partial charge in [-0.15, -0.1) is 0 Å². The number of benzene rings is 2. The number of rotatable bonds is 5. The molecule has 19 heavy (non-hydrogen) atoms. The molecule has 0 saturated heterocycles. The topological polar surface area (TPSA) is 55.5 Å². The molecule has 0 bridgehead atoms. The van der Waals surface area contributed by atoms with Crippen molar-refractivity contribution < 1.29 is 9.84 Å². The highest BCUT2D eigenvalue weighted by Crippen LogP contribution is 2.27. The standard InChI is InChI=1S/C16H19NO2/c1-12(17)16(18)14-9-5-6-10-15(14)19-11-13-7-3-2-4-8-13/h2-10,12,16,18H,11,17H2,1H3/t12-,16-/m0/s1. The van der Waals surface area contributed by atoms with Crippen LogP contribution in [-0.2, 0) is 6.61 Å². The first-order chi connectivity index (χ1) is 9.18. The Balaban J connectivity index is 2.12. The van der Waals surface area contributed by atoms with E-state index in [1.54, 1.807) is 6.92 Å². The van der Waals surface area contributed by atoms with E-state index in [4.69, 9.17) is 10.5 Å². The molecular formula is C16H19NO2. The normalized spacial score (nSPS) is 13.8. The Morgan fingerprint density at radius 2 is 1.68 bits per heavy atom. The van der Waals surface area contributed by atoms with E-state index in [0.717, 1.165) is 11.1 Å². The molecule has 0 saturated carbocycles. The number of aliphatic hydroxyl groups is 1. The van der Waals surface area contributed by atoms with Crippen molar-refractivity contribution in [3.05, 3.63) is 65.7 Å². The Bertz CT molecular complexity index is 511. The number of ether oxygens (including phenoxy) is 1. The molecule has 0 aliphatic rings. The molecule has 0 aliphatic carbocycles. The Morgan fingerprint density at radius 3 is 2.37 bits per heavy atom. The van der Waals surface area contributed by atoms with Crippen LogP contribution >= 0.6 is 0 Å². The minimum Gasteiger partial charge on any atom is -0.489 e. The maximum atomic E-state index is 10.1. The van der Waals surface area contributed by atoms with Crippen molar-refractivity contribution in [1.29, 1.82) is 0 Å². The lowest BCUT2D eigenvalue weighted by atomic mass is 10.0. The second-order valence-electron chi connectivity index (χ2n) is 4.62. The van der Waals surface area contributed by atoms with E-state index in [2.05, 4.69) is 0 Å². The van der Waals surface area contributed by atoms with Crippen LogP contribution in [0, 0.1) is 0 Å². The van der Waals surface area contributed by atoms with Crippen molar-refractivity contribution in [2.24, 2.45) is 5.73 Å². The molecule has 0 fully saturated rings. The lowest BCUT2D eigenvalue weighted by Crippen LogP contribution is -2.24. The van der Waals surface area contributed by atoms with Gasteiger partial charge in [0.25, 0.3) is 0 Å². The van der Waals surface area contributed by atoms with E-state index >= 15 is 0 Å². The van der Waals surface area contributed by atoms with Gasteiger partial charge in [-0.3, -0.25) is 0 Å². The highest BCUT2D eigenvalue weighted by atomic mass is 16.5. The molecule has 0 heterocycles. The zero-order chi connectivity index (χ0) is 13.7. The third-order valence-corrected chi connectivity index (χ3v) is 2.97. The van der Waals surface area contributed by atoms with Crippen LogP contribution in [0.3, 0.4) is 0 Å². The SMILES string of the molecule is C[C@H](N)[C@H](O)c1ccccc1OCc1ccccc1. The van der Waals surface area contributed by atoms with E-state index in [0.29, 0.717) is 12.4 Å². The van der Waals surface area contributed by atoms with Crippen molar-refractivity contribution in [3.8, 4) is 5.75 Å². The van der Waals surface area contributed by atoms with Crippen LogP contribution in [0.25, 0.3) is 0 Å². The first-order valence-corrected chi connectivity index (χ1v) is 6.38. The van der Waals surface area contributed by atoms with Crippen LogP contribution in [0.1, 0.15) is 24.2 Å². The molecule has 2 aromatic carbocycles. The summed E-state index contributed by atoms with van der Waals surface area (Å²) < 4.78 is 5.78. The van der Waals surface area contributed by atoms with Gasteiger partial charge in [0, 0.05) is 11.6 Å². The molecule has 0 unspecified atom stereocenters. The summed E-state index contributed by atoms with van der Waals surface area (Å²) in [6.07, 6.45) is -0.716. The maximum Gasteiger partial charge on any atom is 0.125 e. The molecule has 0 radical (unpaired) electrons. The van der Waals surface area contributed by atoms with E-state index in [1.807, 2.05) is 54.6 Å². The average Bonchev–Trinajstić information content (AvgIpc) is 2.45. The zero-order valence-corrected chi connectivity index (χ0v) is 11.0. The highest BCUT2D eigenvalue weighted by Gasteiger charge is 2.16. The Hall–Kier alpha value is -1.84. The van der Waals surface area contributed by atoms with E-state index in [-0.39, 0.29) is 6.04 Å². The fourth-order valence-electron chi connectivity index (χ4n) is 1.87. The smallest absolute Gasteiger partial charge is 0.125 e. The van der Waals surface area contributed by atoms with Gasteiger partial charge < -0.3 is 15.6 Å². The summed E-state index contributed by atoms with van der Waals surface area (Å²) in [7, 11) is 0. The van der Waals surface area contributed by atoms with Gasteiger partial charge in [0.2, 0.25) is 0 Å². The minimum atomic E-state index is -0.716. The molecule has 2 atom stereocenters. The fourth-order valence-corrected chi connectivity index (χ4v) is 1.87. The quantitative estimate of drug-likeness (QED) is 0.865. The van der Waals surface area contributed by atoms with Crippen LogP contribution in [-0.4, -0.2) is 11.1 Å². The lowest BCUT2D eigenvalue weighted by Gasteiger charge is -2.18. The largest absolute Gasteiger partial charge is 0.489 e. The summed E-state index contributed by atoms with van der Waals surface area (Å²) in [5.41, 5.74) is 7.56. The maximum absolute atomic E-state index is 10.1. The lowest BCUT2D eigenvalue weighted by molar-refractivity contribution is 0.147. The van der Waals surface area contributed by atoms with Gasteiger partial charge in [0.05, 0.1) is 6.10 Å². The highest BCUT2D eigenvalue weighted by molar-refractivity contribution is 5.36. The van der Waals surface area contributed by atoms with Crippen LogP contribution in [0.4, 0.5) is 0 Å². The molecule has 2 rings (SSSR count). The number of hydrogen-bond donors (Lipinski definition) is 2. The van der Waals surface area contributed by atoms with Gasteiger partial charge in [-0.25, -0.2) is 0 Å².